The fourth-order valence-electron chi connectivity index (χ4n) is 3.59. The van der Waals surface area contributed by atoms with Crippen LogP contribution in [0.2, 0.25) is 0 Å². The normalized spacial score (nSPS) is 16.5. The number of carbonyl (C=O) groups is 2. The zero-order chi connectivity index (χ0) is 20.1. The number of benzene rings is 1. The van der Waals surface area contributed by atoms with E-state index in [-0.39, 0.29) is 17.6 Å². The minimum Gasteiger partial charge on any atom is -0.480 e. The van der Waals surface area contributed by atoms with Crippen molar-refractivity contribution in [1.82, 2.24) is 15.2 Å². The standard InChI is InChI=1S/C21H24FN3O3/c1-14-12-16(5-6-18(14)22)19(21(27)28)25-10-7-15(8-11-25)20(26)24-13-17-4-2-3-9-23-17/h2-6,9,12,15,19H,7-8,10-11,13H2,1H3,(H,24,26)(H,27,28). The number of nitrogens with zero attached hydrogens (tertiary/aromatic N) is 2. The highest BCUT2D eigenvalue weighted by atomic mass is 19.1. The predicted octanol–water partition coefficient (Wildman–Crippen LogP) is 2.68. The molecule has 1 aliphatic heterocycles. The van der Waals surface area contributed by atoms with Crippen molar-refractivity contribution in [1.29, 1.82) is 0 Å². The molecular formula is C21H24FN3O3. The van der Waals surface area contributed by atoms with Crippen LogP contribution in [-0.4, -0.2) is 40.0 Å². The lowest BCUT2D eigenvalue weighted by molar-refractivity contribution is -0.144. The highest BCUT2D eigenvalue weighted by Gasteiger charge is 2.33. The van der Waals surface area contributed by atoms with E-state index in [1.165, 1.54) is 12.1 Å². The Morgan fingerprint density at radius 3 is 2.64 bits per heavy atom. The molecule has 3 rings (SSSR count). The van der Waals surface area contributed by atoms with Gasteiger partial charge in [0.2, 0.25) is 5.91 Å². The maximum absolute atomic E-state index is 13.5. The number of rotatable bonds is 6. The second-order valence-electron chi connectivity index (χ2n) is 7.10. The molecule has 1 unspecified atom stereocenters. The number of pyridine rings is 1. The van der Waals surface area contributed by atoms with Crippen molar-refractivity contribution in [2.24, 2.45) is 5.92 Å². The molecule has 0 bridgehead atoms. The summed E-state index contributed by atoms with van der Waals surface area (Å²) in [6.45, 7) is 2.99. The van der Waals surface area contributed by atoms with E-state index in [4.69, 9.17) is 0 Å². The Morgan fingerprint density at radius 2 is 2.04 bits per heavy atom. The number of hydrogen-bond donors (Lipinski definition) is 2. The second-order valence-corrected chi connectivity index (χ2v) is 7.10. The molecule has 148 valence electrons. The van der Waals surface area contributed by atoms with Gasteiger partial charge in [-0.05, 0) is 49.1 Å². The van der Waals surface area contributed by atoms with Crippen LogP contribution in [0.15, 0.2) is 42.6 Å². The van der Waals surface area contributed by atoms with Crippen LogP contribution in [0.4, 0.5) is 4.39 Å². The first-order valence-corrected chi connectivity index (χ1v) is 9.36. The average molecular weight is 385 g/mol. The number of carboxylic acids is 1. The molecule has 1 saturated heterocycles. The molecule has 0 saturated carbocycles. The van der Waals surface area contributed by atoms with Gasteiger partial charge in [0.1, 0.15) is 11.9 Å². The fourth-order valence-corrected chi connectivity index (χ4v) is 3.59. The largest absolute Gasteiger partial charge is 0.480 e. The molecule has 0 spiro atoms. The molecule has 2 heterocycles. The number of hydrogen-bond acceptors (Lipinski definition) is 4. The van der Waals surface area contributed by atoms with Crippen molar-refractivity contribution in [3.63, 3.8) is 0 Å². The molecule has 0 radical (unpaired) electrons. The number of nitrogens with one attached hydrogen (secondary N) is 1. The molecular weight excluding hydrogens is 361 g/mol. The minimum atomic E-state index is -0.968. The van der Waals surface area contributed by atoms with Crippen LogP contribution in [0.5, 0.6) is 0 Å². The lowest BCUT2D eigenvalue weighted by Crippen LogP contribution is -2.43. The predicted molar refractivity (Wildman–Crippen MR) is 102 cm³/mol. The van der Waals surface area contributed by atoms with Crippen LogP contribution >= 0.6 is 0 Å². The zero-order valence-electron chi connectivity index (χ0n) is 15.8. The van der Waals surface area contributed by atoms with E-state index in [0.29, 0.717) is 43.6 Å². The molecule has 6 nitrogen and oxygen atoms in total. The molecule has 7 heteroatoms. The van der Waals surface area contributed by atoms with Crippen molar-refractivity contribution in [2.45, 2.75) is 32.4 Å². The highest BCUT2D eigenvalue weighted by Crippen LogP contribution is 2.28. The molecule has 1 aromatic carbocycles. The number of piperidine rings is 1. The van der Waals surface area contributed by atoms with Gasteiger partial charge in [-0.2, -0.15) is 0 Å². The number of aromatic nitrogens is 1. The van der Waals surface area contributed by atoms with Gasteiger partial charge in [-0.25, -0.2) is 4.39 Å². The maximum atomic E-state index is 13.5. The number of likely N-dealkylation sites (tertiary alicyclic amines) is 1. The van der Waals surface area contributed by atoms with Gasteiger partial charge in [-0.1, -0.05) is 18.2 Å². The van der Waals surface area contributed by atoms with Crippen LogP contribution in [0.1, 0.15) is 35.7 Å². The Morgan fingerprint density at radius 1 is 1.29 bits per heavy atom. The van der Waals surface area contributed by atoms with E-state index in [1.807, 2.05) is 23.1 Å². The van der Waals surface area contributed by atoms with Gasteiger partial charge in [0.25, 0.3) is 0 Å². The first-order valence-electron chi connectivity index (χ1n) is 9.36. The van der Waals surface area contributed by atoms with E-state index in [9.17, 15) is 19.1 Å². The molecule has 2 N–H and O–H groups in total. The summed E-state index contributed by atoms with van der Waals surface area (Å²) in [7, 11) is 0. The van der Waals surface area contributed by atoms with E-state index in [2.05, 4.69) is 10.3 Å². The second kappa shape index (κ2) is 8.93. The summed E-state index contributed by atoms with van der Waals surface area (Å²) in [4.78, 5) is 30.3. The minimum absolute atomic E-state index is 0.0326. The van der Waals surface area contributed by atoms with Crippen LogP contribution in [0.25, 0.3) is 0 Å². The van der Waals surface area contributed by atoms with Gasteiger partial charge in [-0.15, -0.1) is 0 Å². The number of halogens is 1. The number of aryl methyl sites for hydroxylation is 1. The number of carbonyl (C=O) groups excluding carboxylic acids is 1. The molecule has 28 heavy (non-hydrogen) atoms. The third-order valence-electron chi connectivity index (χ3n) is 5.17. The topological polar surface area (TPSA) is 82.5 Å². The summed E-state index contributed by atoms with van der Waals surface area (Å²) in [6.07, 6.45) is 2.85. The number of aliphatic carboxylic acids is 1. The third-order valence-corrected chi connectivity index (χ3v) is 5.17. The SMILES string of the molecule is Cc1cc(C(C(=O)O)N2CCC(C(=O)NCc3ccccn3)CC2)ccc1F. The summed E-state index contributed by atoms with van der Waals surface area (Å²) in [5.74, 6) is -1.50. The van der Waals surface area contributed by atoms with Crippen LogP contribution in [-0.2, 0) is 16.1 Å². The van der Waals surface area contributed by atoms with Crippen LogP contribution < -0.4 is 5.32 Å². The molecule has 1 amide bonds. The summed E-state index contributed by atoms with van der Waals surface area (Å²) >= 11 is 0. The van der Waals surface area contributed by atoms with E-state index in [0.717, 1.165) is 5.69 Å². The van der Waals surface area contributed by atoms with Gasteiger partial charge in [0, 0.05) is 25.2 Å². The molecule has 2 aromatic rings. The maximum Gasteiger partial charge on any atom is 0.325 e. The molecule has 0 aliphatic carbocycles. The number of amides is 1. The van der Waals surface area contributed by atoms with Gasteiger partial charge in [0.15, 0.2) is 0 Å². The van der Waals surface area contributed by atoms with E-state index in [1.54, 1.807) is 19.2 Å². The third kappa shape index (κ3) is 4.72. The molecule has 1 aliphatic rings. The first kappa shape index (κ1) is 19.9. The van der Waals surface area contributed by atoms with Crippen LogP contribution in [0, 0.1) is 18.7 Å². The summed E-state index contributed by atoms with van der Waals surface area (Å²) < 4.78 is 13.5. The van der Waals surface area contributed by atoms with Crippen molar-refractivity contribution in [2.75, 3.05) is 13.1 Å². The van der Waals surface area contributed by atoms with Crippen molar-refractivity contribution in [3.8, 4) is 0 Å². The van der Waals surface area contributed by atoms with Gasteiger partial charge >= 0.3 is 5.97 Å². The van der Waals surface area contributed by atoms with Gasteiger partial charge in [0.05, 0.1) is 12.2 Å². The average Bonchev–Trinajstić information content (AvgIpc) is 2.70. The smallest absolute Gasteiger partial charge is 0.325 e. The molecule has 1 atom stereocenters. The van der Waals surface area contributed by atoms with Gasteiger partial charge in [-0.3, -0.25) is 19.5 Å². The lowest BCUT2D eigenvalue weighted by Gasteiger charge is -2.35. The van der Waals surface area contributed by atoms with E-state index < -0.39 is 12.0 Å². The fraction of sp³-hybridized carbons (Fsp3) is 0.381. The Kier molecular flexibility index (Phi) is 6.36. The Bertz CT molecular complexity index is 836. The Balaban J connectivity index is 1.58. The Hall–Kier alpha value is -2.80. The van der Waals surface area contributed by atoms with Crippen molar-refractivity contribution >= 4 is 11.9 Å². The number of carboxylic acid groups (broad SMARTS) is 1. The first-order chi connectivity index (χ1) is 13.5. The lowest BCUT2D eigenvalue weighted by atomic mass is 9.93. The van der Waals surface area contributed by atoms with Crippen molar-refractivity contribution < 1.29 is 19.1 Å². The summed E-state index contributed by atoms with van der Waals surface area (Å²) in [6, 6.07) is 9.12. The quantitative estimate of drug-likeness (QED) is 0.799. The van der Waals surface area contributed by atoms with Crippen LogP contribution in [0.3, 0.4) is 0 Å². The Labute approximate surface area is 163 Å². The molecule has 1 fully saturated rings. The summed E-state index contributed by atoms with van der Waals surface area (Å²) in [5.41, 5.74) is 1.78. The summed E-state index contributed by atoms with van der Waals surface area (Å²) in [5, 5.41) is 12.6. The zero-order valence-corrected chi connectivity index (χ0v) is 15.8. The monoisotopic (exact) mass is 385 g/mol. The van der Waals surface area contributed by atoms with Crippen molar-refractivity contribution in [3.05, 3.63) is 65.2 Å². The highest BCUT2D eigenvalue weighted by molar-refractivity contribution is 5.79. The molecule has 1 aromatic heterocycles. The van der Waals surface area contributed by atoms with E-state index >= 15 is 0 Å². The van der Waals surface area contributed by atoms with Gasteiger partial charge < -0.3 is 10.4 Å².